The maximum absolute atomic E-state index is 13.3. The van der Waals surface area contributed by atoms with Crippen LogP contribution >= 0.6 is 0 Å². The Morgan fingerprint density at radius 2 is 1.70 bits per heavy atom. The van der Waals surface area contributed by atoms with Crippen LogP contribution in [-0.2, 0) is 0 Å². The molecule has 2 aromatic heterocycles. The number of aromatic nitrogens is 3. The number of ether oxygens (including phenoxy) is 1. The van der Waals surface area contributed by atoms with Gasteiger partial charge in [-0.05, 0) is 42.5 Å². The number of anilines is 2. The highest BCUT2D eigenvalue weighted by molar-refractivity contribution is 5.75. The molecule has 0 radical (unpaired) electrons. The summed E-state index contributed by atoms with van der Waals surface area (Å²) in [4.78, 5) is 9.30. The third kappa shape index (κ3) is 3.43. The molecule has 0 bridgehead atoms. The molecule has 0 amide bonds. The van der Waals surface area contributed by atoms with Crippen LogP contribution in [0.3, 0.4) is 0 Å². The molecule has 0 atom stereocenters. The van der Waals surface area contributed by atoms with Gasteiger partial charge in [0.2, 0.25) is 0 Å². The van der Waals surface area contributed by atoms with Crippen LogP contribution in [0.1, 0.15) is 0 Å². The SMILES string of the molecule is COc1cccc(N2CCN(c3nccn4nc(-c5ccc(F)cc5)cc34)CC2)c1. The topological polar surface area (TPSA) is 45.9 Å². The monoisotopic (exact) mass is 403 g/mol. The van der Waals surface area contributed by atoms with Gasteiger partial charge in [0.15, 0.2) is 5.82 Å². The molecule has 0 N–H and O–H groups in total. The summed E-state index contributed by atoms with van der Waals surface area (Å²) in [5, 5.41) is 4.65. The zero-order valence-corrected chi connectivity index (χ0v) is 16.7. The van der Waals surface area contributed by atoms with Gasteiger partial charge in [-0.2, -0.15) is 5.10 Å². The van der Waals surface area contributed by atoms with E-state index < -0.39 is 0 Å². The number of hydrogen-bond donors (Lipinski definition) is 0. The third-order valence-corrected chi connectivity index (χ3v) is 5.51. The second-order valence-electron chi connectivity index (χ2n) is 7.29. The molecule has 7 heteroatoms. The van der Waals surface area contributed by atoms with Crippen molar-refractivity contribution in [2.24, 2.45) is 0 Å². The van der Waals surface area contributed by atoms with Crippen LogP contribution in [0.2, 0.25) is 0 Å². The van der Waals surface area contributed by atoms with Gasteiger partial charge in [0, 0.05) is 55.9 Å². The van der Waals surface area contributed by atoms with Gasteiger partial charge in [-0.25, -0.2) is 13.9 Å². The standard InChI is InChI=1S/C23H22FN5O/c1-30-20-4-2-3-19(15-20)27-11-13-28(14-12-27)23-22-16-21(26-29(22)10-9-25-23)17-5-7-18(24)8-6-17/h2-10,15-16H,11-14H2,1H3. The highest BCUT2D eigenvalue weighted by Crippen LogP contribution is 2.27. The van der Waals surface area contributed by atoms with Crippen LogP contribution in [-0.4, -0.2) is 47.9 Å². The highest BCUT2D eigenvalue weighted by Gasteiger charge is 2.21. The minimum Gasteiger partial charge on any atom is -0.497 e. The summed E-state index contributed by atoms with van der Waals surface area (Å²) in [7, 11) is 1.69. The summed E-state index contributed by atoms with van der Waals surface area (Å²) in [5.74, 6) is 1.54. The lowest BCUT2D eigenvalue weighted by atomic mass is 10.1. The summed E-state index contributed by atoms with van der Waals surface area (Å²) < 4.78 is 20.5. The Balaban J connectivity index is 1.38. The number of rotatable bonds is 4. The first-order chi connectivity index (χ1) is 14.7. The molecule has 4 aromatic rings. The molecule has 0 unspecified atom stereocenters. The Morgan fingerprint density at radius 1 is 0.933 bits per heavy atom. The molecule has 2 aromatic carbocycles. The van der Waals surface area contributed by atoms with Crippen molar-refractivity contribution in [1.82, 2.24) is 14.6 Å². The zero-order chi connectivity index (χ0) is 20.5. The Bertz CT molecular complexity index is 1170. The van der Waals surface area contributed by atoms with E-state index in [1.165, 1.54) is 17.8 Å². The molecular weight excluding hydrogens is 381 g/mol. The van der Waals surface area contributed by atoms with Crippen molar-refractivity contribution >= 4 is 17.0 Å². The summed E-state index contributed by atoms with van der Waals surface area (Å²) in [5.41, 5.74) is 3.81. The first-order valence-electron chi connectivity index (χ1n) is 9.95. The Morgan fingerprint density at radius 3 is 2.47 bits per heavy atom. The van der Waals surface area contributed by atoms with Crippen LogP contribution in [0.15, 0.2) is 67.0 Å². The van der Waals surface area contributed by atoms with Gasteiger partial charge in [0.05, 0.1) is 12.8 Å². The van der Waals surface area contributed by atoms with Crippen molar-refractivity contribution in [1.29, 1.82) is 0 Å². The molecule has 0 aliphatic carbocycles. The molecule has 1 saturated heterocycles. The molecule has 3 heterocycles. The number of piperazine rings is 1. The minimum absolute atomic E-state index is 0.251. The van der Waals surface area contributed by atoms with Crippen LogP contribution in [0.4, 0.5) is 15.9 Å². The second-order valence-corrected chi connectivity index (χ2v) is 7.29. The molecule has 152 valence electrons. The van der Waals surface area contributed by atoms with Crippen LogP contribution < -0.4 is 14.5 Å². The smallest absolute Gasteiger partial charge is 0.154 e. The zero-order valence-electron chi connectivity index (χ0n) is 16.7. The van der Waals surface area contributed by atoms with Gasteiger partial charge in [-0.15, -0.1) is 0 Å². The third-order valence-electron chi connectivity index (χ3n) is 5.51. The number of halogens is 1. The Hall–Kier alpha value is -3.61. The van der Waals surface area contributed by atoms with Crippen molar-refractivity contribution in [2.75, 3.05) is 43.1 Å². The molecule has 1 aliphatic heterocycles. The van der Waals surface area contributed by atoms with E-state index in [2.05, 4.69) is 32.0 Å². The van der Waals surface area contributed by atoms with Gasteiger partial charge >= 0.3 is 0 Å². The average molecular weight is 403 g/mol. The Labute approximate surface area is 174 Å². The second kappa shape index (κ2) is 7.67. The summed E-state index contributed by atoms with van der Waals surface area (Å²) in [6, 6.07) is 16.6. The fraction of sp³-hybridized carbons (Fsp3) is 0.217. The minimum atomic E-state index is -0.251. The van der Waals surface area contributed by atoms with E-state index in [4.69, 9.17) is 4.74 Å². The van der Waals surface area contributed by atoms with Crippen LogP contribution in [0.5, 0.6) is 5.75 Å². The number of methoxy groups -OCH3 is 1. The molecule has 30 heavy (non-hydrogen) atoms. The number of nitrogens with zero attached hydrogens (tertiary/aromatic N) is 5. The molecule has 1 fully saturated rings. The Kier molecular flexibility index (Phi) is 4.71. The predicted molar refractivity (Wildman–Crippen MR) is 116 cm³/mol. The molecule has 0 saturated carbocycles. The van der Waals surface area contributed by atoms with Gasteiger partial charge in [-0.3, -0.25) is 0 Å². The summed E-state index contributed by atoms with van der Waals surface area (Å²) in [6.07, 6.45) is 3.62. The van der Waals surface area contributed by atoms with Crippen molar-refractivity contribution in [2.45, 2.75) is 0 Å². The molecular formula is C23H22FN5O. The number of hydrogen-bond acceptors (Lipinski definition) is 5. The summed E-state index contributed by atoms with van der Waals surface area (Å²) in [6.45, 7) is 3.52. The van der Waals surface area contributed by atoms with Crippen molar-refractivity contribution in [3.63, 3.8) is 0 Å². The van der Waals surface area contributed by atoms with E-state index in [1.807, 2.05) is 28.9 Å². The van der Waals surface area contributed by atoms with E-state index in [9.17, 15) is 4.39 Å². The van der Waals surface area contributed by atoms with Gasteiger partial charge < -0.3 is 14.5 Å². The molecule has 0 spiro atoms. The quantitative estimate of drug-likeness (QED) is 0.518. The lowest BCUT2D eigenvalue weighted by Gasteiger charge is -2.36. The van der Waals surface area contributed by atoms with E-state index in [0.717, 1.165) is 54.5 Å². The first kappa shape index (κ1) is 18.4. The number of benzene rings is 2. The van der Waals surface area contributed by atoms with E-state index in [1.54, 1.807) is 25.4 Å². The van der Waals surface area contributed by atoms with E-state index >= 15 is 0 Å². The number of fused-ring (bicyclic) bond motifs is 1. The normalized spacial score (nSPS) is 14.3. The predicted octanol–water partition coefficient (Wildman–Crippen LogP) is 3.87. The largest absolute Gasteiger partial charge is 0.497 e. The average Bonchev–Trinajstić information content (AvgIpc) is 3.24. The lowest BCUT2D eigenvalue weighted by molar-refractivity contribution is 0.414. The lowest BCUT2D eigenvalue weighted by Crippen LogP contribution is -2.47. The van der Waals surface area contributed by atoms with Gasteiger partial charge in [0.25, 0.3) is 0 Å². The molecule has 6 nitrogen and oxygen atoms in total. The molecule has 5 rings (SSSR count). The molecule has 1 aliphatic rings. The fourth-order valence-electron chi connectivity index (χ4n) is 3.90. The van der Waals surface area contributed by atoms with Crippen LogP contribution in [0.25, 0.3) is 16.8 Å². The maximum Gasteiger partial charge on any atom is 0.154 e. The van der Waals surface area contributed by atoms with E-state index in [0.29, 0.717) is 0 Å². The highest BCUT2D eigenvalue weighted by atomic mass is 19.1. The van der Waals surface area contributed by atoms with Crippen molar-refractivity contribution in [3.05, 3.63) is 72.8 Å². The first-order valence-corrected chi connectivity index (χ1v) is 9.95. The summed E-state index contributed by atoms with van der Waals surface area (Å²) >= 11 is 0. The van der Waals surface area contributed by atoms with E-state index in [-0.39, 0.29) is 5.82 Å². The van der Waals surface area contributed by atoms with Gasteiger partial charge in [-0.1, -0.05) is 6.07 Å². The van der Waals surface area contributed by atoms with Crippen molar-refractivity contribution < 1.29 is 9.13 Å². The van der Waals surface area contributed by atoms with Gasteiger partial charge in [0.1, 0.15) is 17.1 Å². The van der Waals surface area contributed by atoms with Crippen LogP contribution in [0, 0.1) is 5.82 Å². The maximum atomic E-state index is 13.3. The van der Waals surface area contributed by atoms with Crippen molar-refractivity contribution in [3.8, 4) is 17.0 Å². The fourth-order valence-corrected chi connectivity index (χ4v) is 3.90.